The zero-order chi connectivity index (χ0) is 21.9. The van der Waals surface area contributed by atoms with Gasteiger partial charge in [0, 0.05) is 34.4 Å². The van der Waals surface area contributed by atoms with Crippen LogP contribution in [0.1, 0.15) is 44.2 Å². The number of carbonyl (C=O) groups excluding carboxylic acids is 1. The van der Waals surface area contributed by atoms with E-state index < -0.39 is 0 Å². The van der Waals surface area contributed by atoms with Gasteiger partial charge in [0.2, 0.25) is 0 Å². The van der Waals surface area contributed by atoms with Gasteiger partial charge >= 0.3 is 0 Å². The van der Waals surface area contributed by atoms with E-state index in [9.17, 15) is 4.79 Å². The Bertz CT molecular complexity index is 959. The first-order valence-corrected chi connectivity index (χ1v) is 10.7. The summed E-state index contributed by atoms with van der Waals surface area (Å²) in [6.07, 6.45) is 2.67. The number of hydrogen-bond donors (Lipinski definition) is 1. The van der Waals surface area contributed by atoms with Crippen LogP contribution < -0.4 is 19.8 Å². The summed E-state index contributed by atoms with van der Waals surface area (Å²) >= 11 is 3.37. The normalized spacial score (nSPS) is 17.5. The predicted octanol–water partition coefficient (Wildman–Crippen LogP) is 4.71. The number of nitrogens with one attached hydrogen (secondary N) is 1. The lowest BCUT2D eigenvalue weighted by molar-refractivity contribution is -0.123. The van der Waals surface area contributed by atoms with Gasteiger partial charge in [-0.05, 0) is 56.0 Å². The van der Waals surface area contributed by atoms with E-state index in [4.69, 9.17) is 9.47 Å². The molecule has 160 valence electrons. The van der Waals surface area contributed by atoms with E-state index in [2.05, 4.69) is 65.2 Å². The number of hydrazone groups is 1. The maximum atomic E-state index is 12.0. The molecular formula is C23H28BrN3O3. The molecule has 2 aromatic carbocycles. The number of benzene rings is 2. The molecule has 0 bridgehead atoms. The SMILES string of the molecule is COc1cc2c(cc1/C=N/NC(=O)COc1cccc(Br)c1)C(C)CC(C)(C)N2C. The molecule has 1 N–H and O–H groups in total. The van der Waals surface area contributed by atoms with Crippen molar-refractivity contribution >= 4 is 33.7 Å². The standard InChI is InChI=1S/C23H28BrN3O3/c1-15-12-23(2,3)27(4)20-11-21(29-5)16(9-19(15)20)13-25-26-22(28)14-30-18-8-6-7-17(24)10-18/h6-11,13,15H,12,14H2,1-5H3,(H,26,28)/b25-13+. The van der Waals surface area contributed by atoms with Crippen molar-refractivity contribution in [2.75, 3.05) is 25.7 Å². The second kappa shape index (κ2) is 9.08. The maximum Gasteiger partial charge on any atom is 0.277 e. The van der Waals surface area contributed by atoms with Gasteiger partial charge < -0.3 is 14.4 Å². The number of nitrogens with zero attached hydrogens (tertiary/aromatic N) is 2. The molecule has 1 aliphatic heterocycles. The third-order valence-corrected chi connectivity index (χ3v) is 6.04. The molecule has 0 saturated carbocycles. The predicted molar refractivity (Wildman–Crippen MR) is 124 cm³/mol. The fourth-order valence-corrected chi connectivity index (χ4v) is 4.18. The van der Waals surface area contributed by atoms with E-state index in [1.54, 1.807) is 25.5 Å². The first-order chi connectivity index (χ1) is 14.2. The van der Waals surface area contributed by atoms with Crippen LogP contribution in [0.25, 0.3) is 0 Å². The van der Waals surface area contributed by atoms with Crippen LogP contribution in [-0.2, 0) is 4.79 Å². The van der Waals surface area contributed by atoms with Crippen LogP contribution >= 0.6 is 15.9 Å². The van der Waals surface area contributed by atoms with E-state index in [-0.39, 0.29) is 18.1 Å². The Morgan fingerprint density at radius 1 is 1.37 bits per heavy atom. The first-order valence-electron chi connectivity index (χ1n) is 9.87. The third-order valence-electron chi connectivity index (χ3n) is 5.54. The number of halogens is 1. The molecule has 0 radical (unpaired) electrons. The molecule has 1 amide bonds. The molecule has 1 heterocycles. The van der Waals surface area contributed by atoms with Gasteiger partial charge in [-0.15, -0.1) is 0 Å². The summed E-state index contributed by atoms with van der Waals surface area (Å²) < 4.78 is 11.9. The van der Waals surface area contributed by atoms with Gasteiger partial charge in [0.05, 0.1) is 13.3 Å². The van der Waals surface area contributed by atoms with Crippen LogP contribution in [0.2, 0.25) is 0 Å². The highest BCUT2D eigenvalue weighted by molar-refractivity contribution is 9.10. The monoisotopic (exact) mass is 473 g/mol. The summed E-state index contributed by atoms with van der Waals surface area (Å²) in [7, 11) is 3.75. The van der Waals surface area contributed by atoms with Gasteiger partial charge in [0.15, 0.2) is 6.61 Å². The Balaban J connectivity index is 1.69. The summed E-state index contributed by atoms with van der Waals surface area (Å²) in [4.78, 5) is 14.3. The molecular weight excluding hydrogens is 446 g/mol. The molecule has 0 fully saturated rings. The molecule has 0 aromatic heterocycles. The number of rotatable bonds is 6. The Hall–Kier alpha value is -2.54. The second-order valence-corrected chi connectivity index (χ2v) is 9.08. The van der Waals surface area contributed by atoms with Gasteiger partial charge in [-0.3, -0.25) is 4.79 Å². The molecule has 3 rings (SSSR count). The highest BCUT2D eigenvalue weighted by atomic mass is 79.9. The third kappa shape index (κ3) is 4.95. The molecule has 6 nitrogen and oxygen atoms in total. The summed E-state index contributed by atoms with van der Waals surface area (Å²) in [5, 5.41) is 4.09. The molecule has 1 aliphatic rings. The lowest BCUT2D eigenvalue weighted by Crippen LogP contribution is -2.45. The van der Waals surface area contributed by atoms with Crippen molar-refractivity contribution in [2.45, 2.75) is 38.6 Å². The Labute approximate surface area is 186 Å². The summed E-state index contributed by atoms with van der Waals surface area (Å²) in [6.45, 7) is 6.62. The Morgan fingerprint density at radius 3 is 2.83 bits per heavy atom. The van der Waals surface area contributed by atoms with E-state index in [0.29, 0.717) is 17.4 Å². The van der Waals surface area contributed by atoms with Crippen molar-refractivity contribution in [1.82, 2.24) is 5.43 Å². The van der Waals surface area contributed by atoms with Crippen LogP contribution in [0.15, 0.2) is 46.0 Å². The molecule has 1 atom stereocenters. The Kier molecular flexibility index (Phi) is 6.71. The van der Waals surface area contributed by atoms with E-state index in [1.807, 2.05) is 18.2 Å². The quantitative estimate of drug-likeness (QED) is 0.487. The molecule has 1 unspecified atom stereocenters. The van der Waals surface area contributed by atoms with Crippen LogP contribution in [0.5, 0.6) is 11.5 Å². The number of carbonyl (C=O) groups is 1. The van der Waals surface area contributed by atoms with Crippen molar-refractivity contribution in [1.29, 1.82) is 0 Å². The minimum Gasteiger partial charge on any atom is -0.496 e. The van der Waals surface area contributed by atoms with Crippen molar-refractivity contribution in [2.24, 2.45) is 5.10 Å². The van der Waals surface area contributed by atoms with E-state index in [0.717, 1.165) is 16.5 Å². The molecule has 30 heavy (non-hydrogen) atoms. The number of anilines is 1. The van der Waals surface area contributed by atoms with Gasteiger partial charge in [-0.25, -0.2) is 5.43 Å². The Morgan fingerprint density at radius 2 is 2.13 bits per heavy atom. The minimum absolute atomic E-state index is 0.0787. The summed E-state index contributed by atoms with van der Waals surface area (Å²) in [5.74, 6) is 1.41. The summed E-state index contributed by atoms with van der Waals surface area (Å²) in [6, 6.07) is 11.5. The molecule has 0 aliphatic carbocycles. The zero-order valence-electron chi connectivity index (χ0n) is 18.0. The van der Waals surface area contributed by atoms with Gasteiger partial charge in [-0.2, -0.15) is 5.10 Å². The van der Waals surface area contributed by atoms with Crippen molar-refractivity contribution < 1.29 is 14.3 Å². The number of ether oxygens (including phenoxy) is 2. The van der Waals surface area contributed by atoms with Gasteiger partial charge in [-0.1, -0.05) is 28.9 Å². The van der Waals surface area contributed by atoms with Crippen molar-refractivity contribution in [3.8, 4) is 11.5 Å². The average molecular weight is 474 g/mol. The van der Waals surface area contributed by atoms with Crippen molar-refractivity contribution in [3.05, 3.63) is 52.0 Å². The van der Waals surface area contributed by atoms with Crippen LogP contribution in [0, 0.1) is 0 Å². The van der Waals surface area contributed by atoms with Crippen molar-refractivity contribution in [3.63, 3.8) is 0 Å². The molecule has 0 spiro atoms. The molecule has 0 saturated heterocycles. The highest BCUT2D eigenvalue weighted by Crippen LogP contribution is 2.44. The van der Waals surface area contributed by atoms with E-state index in [1.165, 1.54) is 11.3 Å². The largest absolute Gasteiger partial charge is 0.496 e. The fourth-order valence-electron chi connectivity index (χ4n) is 3.80. The lowest BCUT2D eigenvalue weighted by Gasteiger charge is -2.45. The van der Waals surface area contributed by atoms with E-state index >= 15 is 0 Å². The molecule has 7 heteroatoms. The first kappa shape index (κ1) is 22.2. The maximum absolute atomic E-state index is 12.0. The number of fused-ring (bicyclic) bond motifs is 1. The minimum atomic E-state index is -0.335. The second-order valence-electron chi connectivity index (χ2n) is 8.17. The molecule has 2 aromatic rings. The smallest absolute Gasteiger partial charge is 0.277 e. The van der Waals surface area contributed by atoms with Gasteiger partial charge in [0.1, 0.15) is 11.5 Å². The average Bonchev–Trinajstić information content (AvgIpc) is 2.70. The number of amides is 1. The zero-order valence-corrected chi connectivity index (χ0v) is 19.6. The topological polar surface area (TPSA) is 63.2 Å². The lowest BCUT2D eigenvalue weighted by atomic mass is 9.80. The number of methoxy groups -OCH3 is 1. The fraction of sp³-hybridized carbons (Fsp3) is 0.391. The highest BCUT2D eigenvalue weighted by Gasteiger charge is 2.34. The summed E-state index contributed by atoms with van der Waals surface area (Å²) in [5.41, 5.74) is 5.83. The van der Waals surface area contributed by atoms with Gasteiger partial charge in [0.25, 0.3) is 5.91 Å². The van der Waals surface area contributed by atoms with Crippen LogP contribution in [0.3, 0.4) is 0 Å². The number of hydrogen-bond acceptors (Lipinski definition) is 5. The van der Waals surface area contributed by atoms with Crippen LogP contribution in [-0.4, -0.2) is 38.4 Å². The van der Waals surface area contributed by atoms with Crippen LogP contribution in [0.4, 0.5) is 5.69 Å².